The number of hydrogen-bond donors (Lipinski definition) is 3. The minimum absolute atomic E-state index is 0.117. The highest BCUT2D eigenvalue weighted by Gasteiger charge is 2.06. The number of rotatable bonds is 3. The van der Waals surface area contributed by atoms with Crippen molar-refractivity contribution < 1.29 is 10.0 Å². The van der Waals surface area contributed by atoms with Crippen LogP contribution in [0.1, 0.15) is 10.4 Å². The Morgan fingerprint density at radius 1 is 1.11 bits per heavy atom. The molecule has 0 spiro atoms. The molecule has 2 aromatic rings. The number of halogens is 1. The van der Waals surface area contributed by atoms with E-state index < -0.39 is 0 Å². The van der Waals surface area contributed by atoms with Gasteiger partial charge in [-0.1, -0.05) is 0 Å². The summed E-state index contributed by atoms with van der Waals surface area (Å²) in [6.45, 7) is 0. The average molecular weight is 265 g/mol. The maximum Gasteiger partial charge on any atom is 0.255 e. The molecule has 0 saturated heterocycles. The van der Waals surface area contributed by atoms with Crippen molar-refractivity contribution in [2.75, 3.05) is 10.8 Å². The van der Waals surface area contributed by atoms with E-state index in [2.05, 4.69) is 15.3 Å². The van der Waals surface area contributed by atoms with E-state index in [1.165, 1.54) is 12.4 Å². The molecule has 6 nitrogen and oxygen atoms in total. The quantitative estimate of drug-likeness (QED) is 0.584. The minimum Gasteiger partial charge on any atom is -0.319 e. The van der Waals surface area contributed by atoms with E-state index in [1.807, 2.05) is 5.48 Å². The Balaban J connectivity index is 2.09. The molecule has 0 bridgehead atoms. The molecular weight excluding hydrogens is 256 g/mol. The maximum absolute atomic E-state index is 11.8. The molecule has 0 aliphatic carbocycles. The first-order valence-electron chi connectivity index (χ1n) is 4.98. The van der Waals surface area contributed by atoms with Gasteiger partial charge < -0.3 is 5.32 Å². The van der Waals surface area contributed by atoms with Gasteiger partial charge in [0.2, 0.25) is 5.28 Å². The molecule has 2 rings (SSSR count). The van der Waals surface area contributed by atoms with Crippen LogP contribution < -0.4 is 10.8 Å². The molecule has 0 unspecified atom stereocenters. The van der Waals surface area contributed by atoms with Crippen molar-refractivity contribution in [2.24, 2.45) is 0 Å². The molecule has 1 aromatic heterocycles. The van der Waals surface area contributed by atoms with Gasteiger partial charge >= 0.3 is 0 Å². The van der Waals surface area contributed by atoms with Gasteiger partial charge in [0, 0.05) is 5.56 Å². The van der Waals surface area contributed by atoms with Crippen LogP contribution in [0.3, 0.4) is 0 Å². The monoisotopic (exact) mass is 264 g/mol. The summed E-state index contributed by atoms with van der Waals surface area (Å²) in [4.78, 5) is 19.3. The summed E-state index contributed by atoms with van der Waals surface area (Å²) in [6, 6.07) is 6.30. The van der Waals surface area contributed by atoms with E-state index >= 15 is 0 Å². The third kappa shape index (κ3) is 2.93. The molecule has 1 aromatic carbocycles. The van der Waals surface area contributed by atoms with Crippen molar-refractivity contribution in [3.8, 4) is 0 Å². The van der Waals surface area contributed by atoms with Gasteiger partial charge in [-0.25, -0.2) is 9.97 Å². The van der Waals surface area contributed by atoms with Gasteiger partial charge in [0.25, 0.3) is 5.91 Å². The molecule has 7 heteroatoms. The van der Waals surface area contributed by atoms with Crippen LogP contribution in [0.25, 0.3) is 0 Å². The maximum atomic E-state index is 11.8. The Morgan fingerprint density at radius 3 is 2.28 bits per heavy atom. The molecule has 0 fully saturated rings. The van der Waals surface area contributed by atoms with E-state index in [0.29, 0.717) is 16.9 Å². The molecule has 1 amide bonds. The van der Waals surface area contributed by atoms with Gasteiger partial charge in [-0.15, -0.1) is 0 Å². The Labute approximate surface area is 108 Å². The number of nitrogens with one attached hydrogen (secondary N) is 2. The fourth-order valence-electron chi connectivity index (χ4n) is 1.28. The average Bonchev–Trinajstić information content (AvgIpc) is 2.41. The predicted octanol–water partition coefficient (Wildman–Crippen LogP) is 2.18. The first-order valence-corrected chi connectivity index (χ1v) is 5.36. The summed E-state index contributed by atoms with van der Waals surface area (Å²) in [5, 5.41) is 11.4. The topological polar surface area (TPSA) is 87.1 Å². The molecule has 1 heterocycles. The molecule has 92 valence electrons. The number of benzene rings is 1. The first-order chi connectivity index (χ1) is 8.69. The van der Waals surface area contributed by atoms with Crippen LogP contribution in [-0.2, 0) is 0 Å². The van der Waals surface area contributed by atoms with Crippen molar-refractivity contribution in [3.05, 3.63) is 47.5 Å². The SMILES string of the molecule is O=C(Nc1cnc(Cl)nc1)c1ccc(NO)cc1. The highest BCUT2D eigenvalue weighted by Crippen LogP contribution is 2.11. The van der Waals surface area contributed by atoms with Crippen LogP contribution in [0.2, 0.25) is 5.28 Å². The highest BCUT2D eigenvalue weighted by atomic mass is 35.5. The summed E-state index contributed by atoms with van der Waals surface area (Å²) in [5.41, 5.74) is 3.38. The molecular formula is C11H9ClN4O2. The van der Waals surface area contributed by atoms with E-state index in [0.717, 1.165) is 0 Å². The number of aromatic nitrogens is 2. The summed E-state index contributed by atoms with van der Waals surface area (Å²) in [7, 11) is 0. The molecule has 0 radical (unpaired) electrons. The zero-order chi connectivity index (χ0) is 13.0. The number of carbonyl (C=O) groups is 1. The van der Waals surface area contributed by atoms with Gasteiger partial charge in [0.1, 0.15) is 0 Å². The van der Waals surface area contributed by atoms with Gasteiger partial charge in [-0.2, -0.15) is 0 Å². The zero-order valence-corrected chi connectivity index (χ0v) is 9.85. The van der Waals surface area contributed by atoms with Crippen molar-refractivity contribution in [1.82, 2.24) is 9.97 Å². The van der Waals surface area contributed by atoms with Crippen molar-refractivity contribution in [1.29, 1.82) is 0 Å². The largest absolute Gasteiger partial charge is 0.319 e. The normalized spacial score (nSPS) is 9.89. The Morgan fingerprint density at radius 2 is 1.72 bits per heavy atom. The zero-order valence-electron chi connectivity index (χ0n) is 9.09. The minimum atomic E-state index is -0.301. The van der Waals surface area contributed by atoms with E-state index in [9.17, 15) is 4.79 Å². The molecule has 18 heavy (non-hydrogen) atoms. The summed E-state index contributed by atoms with van der Waals surface area (Å²) in [6.07, 6.45) is 2.83. The van der Waals surface area contributed by atoms with Crippen LogP contribution in [-0.4, -0.2) is 21.1 Å². The van der Waals surface area contributed by atoms with Crippen LogP contribution in [0.15, 0.2) is 36.7 Å². The molecule has 0 atom stereocenters. The lowest BCUT2D eigenvalue weighted by Crippen LogP contribution is -2.12. The third-order valence-corrected chi connectivity index (χ3v) is 2.35. The number of anilines is 2. The number of hydrogen-bond acceptors (Lipinski definition) is 5. The molecule has 3 N–H and O–H groups in total. The Bertz CT molecular complexity index is 542. The van der Waals surface area contributed by atoms with E-state index in [4.69, 9.17) is 16.8 Å². The number of nitrogens with zero attached hydrogens (tertiary/aromatic N) is 2. The Hall–Kier alpha value is -2.18. The molecule has 0 saturated carbocycles. The van der Waals surface area contributed by atoms with Crippen LogP contribution in [0, 0.1) is 0 Å². The highest BCUT2D eigenvalue weighted by molar-refractivity contribution is 6.28. The van der Waals surface area contributed by atoms with Crippen LogP contribution in [0.4, 0.5) is 11.4 Å². The second-order valence-electron chi connectivity index (χ2n) is 3.38. The lowest BCUT2D eigenvalue weighted by Gasteiger charge is -2.05. The number of carbonyl (C=O) groups excluding carboxylic acids is 1. The van der Waals surface area contributed by atoms with Gasteiger partial charge in [0.05, 0.1) is 23.8 Å². The fraction of sp³-hybridized carbons (Fsp3) is 0. The smallest absolute Gasteiger partial charge is 0.255 e. The molecule has 0 aliphatic heterocycles. The van der Waals surface area contributed by atoms with Crippen LogP contribution in [0.5, 0.6) is 0 Å². The fourth-order valence-corrected chi connectivity index (χ4v) is 1.37. The molecule has 0 aliphatic rings. The number of amides is 1. The third-order valence-electron chi connectivity index (χ3n) is 2.15. The summed E-state index contributed by atoms with van der Waals surface area (Å²) >= 11 is 5.53. The van der Waals surface area contributed by atoms with Crippen molar-refractivity contribution in [2.45, 2.75) is 0 Å². The van der Waals surface area contributed by atoms with Gasteiger partial charge in [-0.05, 0) is 35.9 Å². The van der Waals surface area contributed by atoms with Crippen molar-refractivity contribution in [3.63, 3.8) is 0 Å². The lowest BCUT2D eigenvalue weighted by atomic mass is 10.2. The van der Waals surface area contributed by atoms with Crippen molar-refractivity contribution >= 4 is 28.9 Å². The van der Waals surface area contributed by atoms with E-state index in [1.54, 1.807) is 24.3 Å². The standard InChI is InChI=1S/C11H9ClN4O2/c12-11-13-5-9(6-14-11)15-10(17)7-1-3-8(16-18)4-2-7/h1-6,16,18H,(H,15,17). The summed E-state index contributed by atoms with van der Waals surface area (Å²) < 4.78 is 0. The Kier molecular flexibility index (Phi) is 3.71. The second-order valence-corrected chi connectivity index (χ2v) is 3.72. The second kappa shape index (κ2) is 5.44. The first kappa shape index (κ1) is 12.3. The predicted molar refractivity (Wildman–Crippen MR) is 66.8 cm³/mol. The van der Waals surface area contributed by atoms with E-state index in [-0.39, 0.29) is 11.2 Å². The lowest BCUT2D eigenvalue weighted by molar-refractivity contribution is 0.102. The van der Waals surface area contributed by atoms with Crippen LogP contribution >= 0.6 is 11.6 Å². The van der Waals surface area contributed by atoms with Gasteiger partial charge in [0.15, 0.2) is 0 Å². The summed E-state index contributed by atoms with van der Waals surface area (Å²) in [5.74, 6) is -0.301. The van der Waals surface area contributed by atoms with Gasteiger partial charge in [-0.3, -0.25) is 15.5 Å².